The molecule has 0 saturated carbocycles. The number of pyridine rings is 2. The number of alkyl halides is 3. The quantitative estimate of drug-likeness (QED) is 0.155. The van der Waals surface area contributed by atoms with Crippen LogP contribution < -0.4 is 20.5 Å². The fraction of sp³-hybridized carbons (Fsp3) is 0.450. The topological polar surface area (TPSA) is 96.8 Å². The van der Waals surface area contributed by atoms with Crippen LogP contribution in [0.1, 0.15) is 62.6 Å². The number of piperidine rings is 3. The summed E-state index contributed by atoms with van der Waals surface area (Å²) in [6.07, 6.45) is 4.61. The van der Waals surface area contributed by atoms with Crippen molar-refractivity contribution < 1.29 is 31.9 Å². The minimum Gasteiger partial charge on any atom is -0.405 e. The maximum Gasteiger partial charge on any atom is 0.573 e. The van der Waals surface area contributed by atoms with E-state index in [1.165, 1.54) is 22.9 Å². The second kappa shape index (κ2) is 14.9. The molecular formula is C40H43F4N5O4. The predicted octanol–water partition coefficient (Wildman–Crippen LogP) is 6.92. The first-order valence-electron chi connectivity index (χ1n) is 18.3. The van der Waals surface area contributed by atoms with Crippen LogP contribution in [-0.2, 0) is 23.1 Å². The Morgan fingerprint density at radius 3 is 2.32 bits per heavy atom. The molecule has 9 nitrogen and oxygen atoms in total. The molecule has 280 valence electrons. The van der Waals surface area contributed by atoms with Crippen LogP contribution in [0.4, 0.5) is 23.2 Å². The van der Waals surface area contributed by atoms with E-state index in [0.717, 1.165) is 57.4 Å². The van der Waals surface area contributed by atoms with Crippen LogP contribution in [-0.4, -0.2) is 58.8 Å². The molecule has 2 aromatic carbocycles. The van der Waals surface area contributed by atoms with E-state index in [0.29, 0.717) is 64.2 Å². The Morgan fingerprint density at radius 2 is 1.64 bits per heavy atom. The van der Waals surface area contributed by atoms with Gasteiger partial charge in [-0.3, -0.25) is 29.6 Å². The van der Waals surface area contributed by atoms with Gasteiger partial charge in [0.2, 0.25) is 11.8 Å². The number of fused-ring (bicyclic) bond motifs is 1. The van der Waals surface area contributed by atoms with Gasteiger partial charge in [-0.1, -0.05) is 18.2 Å². The molecule has 7 rings (SSSR count). The molecule has 0 radical (unpaired) electrons. The zero-order valence-electron chi connectivity index (χ0n) is 29.8. The average molecular weight is 734 g/mol. The number of nitrogens with zero attached hydrogens (tertiary/aromatic N) is 4. The summed E-state index contributed by atoms with van der Waals surface area (Å²) in [5.74, 6) is -0.512. The highest BCUT2D eigenvalue weighted by Gasteiger charge is 2.36. The van der Waals surface area contributed by atoms with Gasteiger partial charge in [-0.15, -0.1) is 13.2 Å². The molecule has 3 saturated heterocycles. The normalized spacial score (nSPS) is 20.1. The molecule has 0 aliphatic carbocycles. The summed E-state index contributed by atoms with van der Waals surface area (Å²) in [5.41, 5.74) is 2.60. The Balaban J connectivity index is 0.979. The van der Waals surface area contributed by atoms with Crippen LogP contribution in [0.2, 0.25) is 0 Å². The number of amides is 2. The van der Waals surface area contributed by atoms with Crippen molar-refractivity contribution in [2.24, 2.45) is 24.8 Å². The standard InChI is InChI=1S/C40H43F4N5O4/c1-24(30-6-4-28(21-36(30)53-40(42,43)44)33-23-47(2)39(52)32-22-45-14-9-31(32)33)48-15-10-26(11-16-48)27-12-17-49(18-13-27)35-7-3-25(20-34(35)41)19-29-5-8-37(50)46-38(29)51/h3-4,6-7,9,14,20-24,26-27,29H,5,8,10-13,15-19H2,1-2H3,(H,46,50,51). The number of nitrogens with one attached hydrogen (secondary N) is 1. The lowest BCUT2D eigenvalue weighted by molar-refractivity contribution is -0.275. The van der Waals surface area contributed by atoms with Gasteiger partial charge in [0.25, 0.3) is 5.56 Å². The zero-order valence-corrected chi connectivity index (χ0v) is 29.8. The van der Waals surface area contributed by atoms with Crippen LogP contribution in [0.25, 0.3) is 21.9 Å². The van der Waals surface area contributed by atoms with E-state index >= 15 is 4.39 Å². The van der Waals surface area contributed by atoms with Crippen molar-refractivity contribution in [1.29, 1.82) is 0 Å². The summed E-state index contributed by atoms with van der Waals surface area (Å²) in [6.45, 7) is 4.85. The molecule has 3 aliphatic heterocycles. The van der Waals surface area contributed by atoms with E-state index in [4.69, 9.17) is 0 Å². The molecule has 0 bridgehead atoms. The van der Waals surface area contributed by atoms with Crippen molar-refractivity contribution in [3.8, 4) is 16.9 Å². The number of carbonyl (C=O) groups is 2. The van der Waals surface area contributed by atoms with E-state index in [-0.39, 0.29) is 40.9 Å². The largest absolute Gasteiger partial charge is 0.573 e. The minimum atomic E-state index is -4.88. The number of benzene rings is 2. The van der Waals surface area contributed by atoms with Gasteiger partial charge in [0, 0.05) is 68.2 Å². The molecule has 1 N–H and O–H groups in total. The van der Waals surface area contributed by atoms with Gasteiger partial charge >= 0.3 is 6.36 Å². The van der Waals surface area contributed by atoms with E-state index in [2.05, 4.69) is 24.8 Å². The van der Waals surface area contributed by atoms with E-state index in [1.54, 1.807) is 43.7 Å². The number of anilines is 1. The molecule has 3 fully saturated rings. The number of ether oxygens (including phenoxy) is 1. The van der Waals surface area contributed by atoms with E-state index in [9.17, 15) is 27.6 Å². The SMILES string of the molecule is CC(c1ccc(-c2cn(C)c(=O)c3cnccc23)cc1OC(F)(F)F)N1CCC(C2CCN(c3ccc(CC4CCC(=O)NC4=O)cc3F)CC2)CC1. The number of rotatable bonds is 8. The Hall–Kier alpha value is -4.78. The molecule has 2 amide bonds. The van der Waals surface area contributed by atoms with Crippen LogP contribution in [0.3, 0.4) is 0 Å². The van der Waals surface area contributed by atoms with Gasteiger partial charge < -0.3 is 14.2 Å². The van der Waals surface area contributed by atoms with Crippen molar-refractivity contribution in [1.82, 2.24) is 19.8 Å². The molecular weight excluding hydrogens is 690 g/mol. The van der Waals surface area contributed by atoms with Crippen molar-refractivity contribution >= 4 is 28.3 Å². The average Bonchev–Trinajstić information content (AvgIpc) is 3.14. The molecule has 2 atom stereocenters. The van der Waals surface area contributed by atoms with E-state index < -0.39 is 6.36 Å². The van der Waals surface area contributed by atoms with Crippen molar-refractivity contribution in [3.05, 3.63) is 88.4 Å². The maximum absolute atomic E-state index is 15.3. The second-order valence-electron chi connectivity index (χ2n) is 14.7. The molecule has 53 heavy (non-hydrogen) atoms. The molecule has 2 aromatic heterocycles. The first-order chi connectivity index (χ1) is 25.3. The highest BCUT2D eigenvalue weighted by molar-refractivity contribution is 5.98. The number of halogens is 4. The van der Waals surface area contributed by atoms with Crippen LogP contribution in [0.5, 0.6) is 5.75 Å². The first kappa shape index (κ1) is 36.6. The van der Waals surface area contributed by atoms with Gasteiger partial charge in [0.15, 0.2) is 0 Å². The number of aromatic nitrogens is 2. The molecule has 3 aliphatic rings. The van der Waals surface area contributed by atoms with Crippen LogP contribution >= 0.6 is 0 Å². The lowest BCUT2D eigenvalue weighted by Crippen LogP contribution is -2.42. The third kappa shape index (κ3) is 7.95. The summed E-state index contributed by atoms with van der Waals surface area (Å²) in [7, 11) is 1.60. The number of imide groups is 1. The van der Waals surface area contributed by atoms with Crippen molar-refractivity contribution in [2.45, 2.75) is 64.3 Å². The van der Waals surface area contributed by atoms with Gasteiger partial charge in [-0.05, 0) is 111 Å². The van der Waals surface area contributed by atoms with Crippen molar-refractivity contribution in [2.75, 3.05) is 31.1 Å². The number of carbonyl (C=O) groups excluding carboxylic acids is 2. The number of aryl methyl sites for hydroxylation is 1. The third-order valence-corrected chi connectivity index (χ3v) is 11.5. The number of likely N-dealkylation sites (tertiary alicyclic amines) is 1. The minimum absolute atomic E-state index is 0.244. The summed E-state index contributed by atoms with van der Waals surface area (Å²) in [4.78, 5) is 44.7. The summed E-state index contributed by atoms with van der Waals surface area (Å²) >= 11 is 0. The fourth-order valence-corrected chi connectivity index (χ4v) is 8.54. The number of hydrogen-bond donors (Lipinski definition) is 1. The molecule has 2 unspecified atom stereocenters. The van der Waals surface area contributed by atoms with Crippen LogP contribution in [0.15, 0.2) is 65.8 Å². The summed E-state index contributed by atoms with van der Waals surface area (Å²) in [6, 6.07) is 11.4. The Labute approximate surface area is 304 Å². The lowest BCUT2D eigenvalue weighted by Gasteiger charge is -2.42. The fourth-order valence-electron chi connectivity index (χ4n) is 8.54. The lowest BCUT2D eigenvalue weighted by atomic mass is 9.78. The summed E-state index contributed by atoms with van der Waals surface area (Å²) in [5, 5.41) is 3.34. The van der Waals surface area contributed by atoms with Gasteiger partial charge in [0.05, 0.1) is 11.1 Å². The number of hydrogen-bond acceptors (Lipinski definition) is 7. The smallest absolute Gasteiger partial charge is 0.405 e. The highest BCUT2D eigenvalue weighted by atomic mass is 19.4. The second-order valence-corrected chi connectivity index (χ2v) is 14.7. The van der Waals surface area contributed by atoms with Crippen molar-refractivity contribution in [3.63, 3.8) is 0 Å². The zero-order chi connectivity index (χ0) is 37.4. The van der Waals surface area contributed by atoms with Gasteiger partial charge in [0.1, 0.15) is 11.6 Å². The summed E-state index contributed by atoms with van der Waals surface area (Å²) < 4.78 is 62.5. The molecule has 13 heteroatoms. The highest BCUT2D eigenvalue weighted by Crippen LogP contribution is 2.41. The maximum atomic E-state index is 15.3. The van der Waals surface area contributed by atoms with Gasteiger partial charge in [-0.2, -0.15) is 0 Å². The molecule has 5 heterocycles. The van der Waals surface area contributed by atoms with Gasteiger partial charge in [-0.25, -0.2) is 4.39 Å². The third-order valence-electron chi connectivity index (χ3n) is 11.5. The van der Waals surface area contributed by atoms with E-state index in [1.807, 2.05) is 13.0 Å². The predicted molar refractivity (Wildman–Crippen MR) is 193 cm³/mol. The Kier molecular flexibility index (Phi) is 10.3. The van der Waals surface area contributed by atoms with Crippen LogP contribution in [0, 0.1) is 23.6 Å². The Bertz CT molecular complexity index is 2070. The Morgan fingerprint density at radius 1 is 0.925 bits per heavy atom. The monoisotopic (exact) mass is 733 g/mol. The first-order valence-corrected chi connectivity index (χ1v) is 18.3. The molecule has 0 spiro atoms. The molecule has 4 aromatic rings.